The van der Waals surface area contributed by atoms with E-state index in [1.165, 1.54) is 6.07 Å². The quantitative estimate of drug-likeness (QED) is 0.842. The smallest absolute Gasteiger partial charge is 0.354 e. The molecule has 1 saturated heterocycles. The van der Waals surface area contributed by atoms with Crippen molar-refractivity contribution in [2.45, 2.75) is 12.8 Å². The van der Waals surface area contributed by atoms with Gasteiger partial charge in [0.05, 0.1) is 0 Å². The molecule has 4 nitrogen and oxygen atoms in total. The fourth-order valence-corrected chi connectivity index (χ4v) is 3.15. The van der Waals surface area contributed by atoms with E-state index in [1.54, 1.807) is 0 Å². The van der Waals surface area contributed by atoms with Crippen LogP contribution in [0.5, 0.6) is 0 Å². The molecule has 0 aliphatic carbocycles. The molecule has 1 N–H and O–H groups in total. The molecule has 0 radical (unpaired) electrons. The van der Waals surface area contributed by atoms with E-state index in [0.29, 0.717) is 18.2 Å². The Balaban J connectivity index is 2.16. The van der Waals surface area contributed by atoms with Crippen LogP contribution in [0.1, 0.15) is 22.7 Å². The lowest BCUT2D eigenvalue weighted by Gasteiger charge is -2.07. The Morgan fingerprint density at radius 3 is 3.06 bits per heavy atom. The van der Waals surface area contributed by atoms with Crippen LogP contribution in [0.3, 0.4) is 0 Å². The summed E-state index contributed by atoms with van der Waals surface area (Å²) in [6.45, 7) is 0. The summed E-state index contributed by atoms with van der Waals surface area (Å²) in [5.41, 5.74) is -0.0272. The maximum atomic E-state index is 10.8. The Labute approximate surface area is 102 Å². The van der Waals surface area contributed by atoms with E-state index in [4.69, 9.17) is 16.7 Å². The van der Waals surface area contributed by atoms with Gasteiger partial charge in [-0.15, -0.1) is 0 Å². The summed E-state index contributed by atoms with van der Waals surface area (Å²) < 4.78 is 0. The molecule has 16 heavy (non-hydrogen) atoms. The van der Waals surface area contributed by atoms with E-state index < -0.39 is 5.97 Å². The zero-order chi connectivity index (χ0) is 11.5. The second-order valence-corrected chi connectivity index (χ2v) is 5.27. The third-order valence-electron chi connectivity index (χ3n) is 2.46. The summed E-state index contributed by atoms with van der Waals surface area (Å²) >= 11 is 7.67. The van der Waals surface area contributed by atoms with Gasteiger partial charge < -0.3 is 5.11 Å². The number of thioether (sulfide) groups is 1. The van der Waals surface area contributed by atoms with Gasteiger partial charge in [-0.3, -0.25) is 0 Å². The number of aromatic carboxylic acids is 1. The topological polar surface area (TPSA) is 63.1 Å². The summed E-state index contributed by atoms with van der Waals surface area (Å²) in [4.78, 5) is 18.8. The molecule has 6 heteroatoms. The molecule has 0 saturated carbocycles. The number of aromatic nitrogens is 2. The van der Waals surface area contributed by atoms with Crippen molar-refractivity contribution in [1.82, 2.24) is 9.97 Å². The molecule has 0 bridgehead atoms. The normalized spacial score (nSPS) is 19.9. The van der Waals surface area contributed by atoms with Crippen molar-refractivity contribution < 1.29 is 9.90 Å². The van der Waals surface area contributed by atoms with Crippen LogP contribution in [-0.2, 0) is 6.42 Å². The molecule has 1 aliphatic heterocycles. The summed E-state index contributed by atoms with van der Waals surface area (Å²) in [5, 5.41) is 9.04. The molecule has 0 amide bonds. The van der Waals surface area contributed by atoms with Gasteiger partial charge in [-0.05, 0) is 23.8 Å². The summed E-state index contributed by atoms with van der Waals surface area (Å²) in [5.74, 6) is 2.28. The van der Waals surface area contributed by atoms with Crippen LogP contribution in [-0.4, -0.2) is 32.5 Å². The van der Waals surface area contributed by atoms with E-state index in [9.17, 15) is 4.79 Å². The highest BCUT2D eigenvalue weighted by molar-refractivity contribution is 7.99. The number of nitrogens with zero attached hydrogens (tertiary/aromatic N) is 2. The first-order valence-corrected chi connectivity index (χ1v) is 6.53. The van der Waals surface area contributed by atoms with Crippen molar-refractivity contribution in [3.8, 4) is 0 Å². The van der Waals surface area contributed by atoms with Crippen molar-refractivity contribution in [1.29, 1.82) is 0 Å². The van der Waals surface area contributed by atoms with Gasteiger partial charge in [0.25, 0.3) is 0 Å². The monoisotopic (exact) mass is 258 g/mol. The predicted octanol–water partition coefficient (Wildman–Crippen LogP) is 2.12. The van der Waals surface area contributed by atoms with E-state index in [-0.39, 0.29) is 10.8 Å². The molecule has 2 rings (SSSR count). The van der Waals surface area contributed by atoms with Crippen LogP contribution in [0.25, 0.3) is 0 Å². The SMILES string of the molecule is O=C(O)c1cc(Cl)nc(CC2CCSC2)n1. The highest BCUT2D eigenvalue weighted by Gasteiger charge is 2.18. The molecule has 1 fully saturated rings. The number of carboxylic acids is 1. The summed E-state index contributed by atoms with van der Waals surface area (Å²) in [6.07, 6.45) is 1.86. The van der Waals surface area contributed by atoms with E-state index in [2.05, 4.69) is 9.97 Å². The Morgan fingerprint density at radius 1 is 1.62 bits per heavy atom. The second kappa shape index (κ2) is 5.01. The van der Waals surface area contributed by atoms with Gasteiger partial charge in [0.2, 0.25) is 0 Å². The lowest BCUT2D eigenvalue weighted by atomic mass is 10.1. The lowest BCUT2D eigenvalue weighted by Crippen LogP contribution is -2.10. The first-order valence-electron chi connectivity index (χ1n) is 4.99. The van der Waals surface area contributed by atoms with Gasteiger partial charge in [0.15, 0.2) is 5.69 Å². The van der Waals surface area contributed by atoms with Gasteiger partial charge in [-0.1, -0.05) is 11.6 Å². The lowest BCUT2D eigenvalue weighted by molar-refractivity contribution is 0.0690. The average Bonchev–Trinajstić information content (AvgIpc) is 2.69. The maximum Gasteiger partial charge on any atom is 0.354 e. The Morgan fingerprint density at radius 2 is 2.44 bits per heavy atom. The number of rotatable bonds is 3. The third kappa shape index (κ3) is 2.86. The van der Waals surface area contributed by atoms with Crippen molar-refractivity contribution in [2.24, 2.45) is 5.92 Å². The molecular formula is C10H11ClN2O2S. The number of carbonyl (C=O) groups is 1. The Kier molecular flexibility index (Phi) is 3.66. The fourth-order valence-electron chi connectivity index (χ4n) is 1.67. The third-order valence-corrected chi connectivity index (χ3v) is 3.88. The van der Waals surface area contributed by atoms with Gasteiger partial charge in [-0.25, -0.2) is 14.8 Å². The fraction of sp³-hybridized carbons (Fsp3) is 0.500. The standard InChI is InChI=1S/C10H11ClN2O2S/c11-8-4-7(10(14)15)12-9(13-8)3-6-1-2-16-5-6/h4,6H,1-3,5H2,(H,14,15). The minimum atomic E-state index is -1.06. The predicted molar refractivity (Wildman–Crippen MR) is 63.1 cm³/mol. The Bertz CT molecular complexity index is 408. The maximum absolute atomic E-state index is 10.8. The first kappa shape index (κ1) is 11.7. The highest BCUT2D eigenvalue weighted by Crippen LogP contribution is 2.26. The molecule has 86 valence electrons. The van der Waals surface area contributed by atoms with Gasteiger partial charge in [-0.2, -0.15) is 11.8 Å². The Hall–Kier alpha value is -0.810. The molecule has 1 aliphatic rings. The first-order chi connectivity index (χ1) is 7.65. The van der Waals surface area contributed by atoms with Crippen LogP contribution in [0.15, 0.2) is 6.07 Å². The largest absolute Gasteiger partial charge is 0.477 e. The van der Waals surface area contributed by atoms with Crippen LogP contribution in [0.2, 0.25) is 5.15 Å². The average molecular weight is 259 g/mol. The zero-order valence-corrected chi connectivity index (χ0v) is 10.1. The minimum absolute atomic E-state index is 0.0272. The molecule has 2 heterocycles. The van der Waals surface area contributed by atoms with Gasteiger partial charge >= 0.3 is 5.97 Å². The van der Waals surface area contributed by atoms with Crippen LogP contribution in [0, 0.1) is 5.92 Å². The molecule has 1 unspecified atom stereocenters. The van der Waals surface area contributed by atoms with Crippen LogP contribution < -0.4 is 0 Å². The number of carboxylic acid groups (broad SMARTS) is 1. The molecular weight excluding hydrogens is 248 g/mol. The minimum Gasteiger partial charge on any atom is -0.477 e. The van der Waals surface area contributed by atoms with Crippen LogP contribution >= 0.6 is 23.4 Å². The van der Waals surface area contributed by atoms with Gasteiger partial charge in [0, 0.05) is 12.5 Å². The second-order valence-electron chi connectivity index (χ2n) is 3.73. The van der Waals surface area contributed by atoms with Crippen molar-refractivity contribution >= 4 is 29.3 Å². The molecule has 0 aromatic carbocycles. The van der Waals surface area contributed by atoms with E-state index >= 15 is 0 Å². The number of hydrogen-bond acceptors (Lipinski definition) is 4. The molecule has 0 spiro atoms. The van der Waals surface area contributed by atoms with E-state index in [0.717, 1.165) is 17.9 Å². The van der Waals surface area contributed by atoms with Crippen molar-refractivity contribution in [3.63, 3.8) is 0 Å². The molecule has 1 aromatic rings. The van der Waals surface area contributed by atoms with Crippen molar-refractivity contribution in [3.05, 3.63) is 22.7 Å². The van der Waals surface area contributed by atoms with E-state index in [1.807, 2.05) is 11.8 Å². The van der Waals surface area contributed by atoms with Gasteiger partial charge in [0.1, 0.15) is 11.0 Å². The summed E-state index contributed by atoms with van der Waals surface area (Å²) in [7, 11) is 0. The highest BCUT2D eigenvalue weighted by atomic mass is 35.5. The zero-order valence-electron chi connectivity index (χ0n) is 8.52. The van der Waals surface area contributed by atoms with Crippen molar-refractivity contribution in [2.75, 3.05) is 11.5 Å². The van der Waals surface area contributed by atoms with Crippen LogP contribution in [0.4, 0.5) is 0 Å². The molecule has 1 atom stereocenters. The number of hydrogen-bond donors (Lipinski definition) is 1. The number of halogens is 1. The molecule has 1 aromatic heterocycles. The summed E-state index contributed by atoms with van der Waals surface area (Å²) in [6, 6.07) is 1.27.